The highest BCUT2D eigenvalue weighted by Crippen LogP contribution is 2.41. The molecule has 2 saturated carbocycles. The van der Waals surface area contributed by atoms with E-state index in [0.29, 0.717) is 5.92 Å². The van der Waals surface area contributed by atoms with Crippen molar-refractivity contribution >= 4 is 5.91 Å². The van der Waals surface area contributed by atoms with Gasteiger partial charge in [-0.3, -0.25) is 4.79 Å². The second-order valence-electron chi connectivity index (χ2n) is 7.29. The van der Waals surface area contributed by atoms with Crippen molar-refractivity contribution in [3.8, 4) is 0 Å². The van der Waals surface area contributed by atoms with Gasteiger partial charge >= 0.3 is 0 Å². The van der Waals surface area contributed by atoms with Gasteiger partial charge in [-0.15, -0.1) is 0 Å². The van der Waals surface area contributed by atoms with E-state index in [1.165, 1.54) is 19.3 Å². The van der Waals surface area contributed by atoms with Crippen LogP contribution in [0.15, 0.2) is 0 Å². The predicted molar refractivity (Wildman–Crippen MR) is 78.6 cm³/mol. The summed E-state index contributed by atoms with van der Waals surface area (Å²) in [5.74, 6) is 1.97. The molecule has 0 saturated heterocycles. The molecule has 0 aromatic heterocycles. The Morgan fingerprint density at radius 1 is 1.16 bits per heavy atom. The molecule has 3 heteroatoms. The molecule has 19 heavy (non-hydrogen) atoms. The summed E-state index contributed by atoms with van der Waals surface area (Å²) in [5.41, 5.74) is 5.96. The average Bonchev–Trinajstić information content (AvgIpc) is 2.33. The molecule has 0 aliphatic heterocycles. The summed E-state index contributed by atoms with van der Waals surface area (Å²) in [7, 11) is 0. The maximum atomic E-state index is 12.2. The topological polar surface area (TPSA) is 55.1 Å². The second-order valence-corrected chi connectivity index (χ2v) is 7.29. The summed E-state index contributed by atoms with van der Waals surface area (Å²) in [6, 6.07) is 0. The number of hydrogen-bond acceptors (Lipinski definition) is 2. The molecule has 0 heterocycles. The first-order valence-corrected chi connectivity index (χ1v) is 8.00. The Morgan fingerprint density at radius 2 is 1.79 bits per heavy atom. The maximum Gasteiger partial charge on any atom is 0.223 e. The van der Waals surface area contributed by atoms with Crippen molar-refractivity contribution in [2.75, 3.05) is 13.1 Å². The third-order valence-corrected chi connectivity index (χ3v) is 5.48. The molecule has 2 fully saturated rings. The van der Waals surface area contributed by atoms with Crippen LogP contribution >= 0.6 is 0 Å². The van der Waals surface area contributed by atoms with E-state index in [0.717, 1.165) is 44.7 Å². The normalized spacial score (nSPS) is 28.8. The first kappa shape index (κ1) is 14.8. The van der Waals surface area contributed by atoms with Gasteiger partial charge in [-0.1, -0.05) is 20.3 Å². The van der Waals surface area contributed by atoms with Gasteiger partial charge < -0.3 is 11.1 Å². The largest absolute Gasteiger partial charge is 0.355 e. The van der Waals surface area contributed by atoms with Gasteiger partial charge in [0, 0.05) is 12.5 Å². The number of rotatable bonds is 5. The number of carbonyl (C=O) groups is 1. The molecular formula is C16H30N2O. The minimum Gasteiger partial charge on any atom is -0.355 e. The molecule has 2 rings (SSSR count). The van der Waals surface area contributed by atoms with Gasteiger partial charge in [0.15, 0.2) is 0 Å². The van der Waals surface area contributed by atoms with E-state index in [4.69, 9.17) is 5.73 Å². The van der Waals surface area contributed by atoms with Crippen LogP contribution < -0.4 is 11.1 Å². The smallest absolute Gasteiger partial charge is 0.223 e. The molecule has 0 aromatic carbocycles. The summed E-state index contributed by atoms with van der Waals surface area (Å²) < 4.78 is 0. The van der Waals surface area contributed by atoms with Crippen LogP contribution in [0.5, 0.6) is 0 Å². The predicted octanol–water partition coefficient (Wildman–Crippen LogP) is 2.69. The van der Waals surface area contributed by atoms with Crippen LogP contribution in [-0.4, -0.2) is 19.0 Å². The van der Waals surface area contributed by atoms with Gasteiger partial charge in [0.1, 0.15) is 0 Å². The van der Waals surface area contributed by atoms with E-state index in [1.54, 1.807) is 0 Å². The van der Waals surface area contributed by atoms with Crippen molar-refractivity contribution < 1.29 is 4.79 Å². The van der Waals surface area contributed by atoms with Gasteiger partial charge in [-0.25, -0.2) is 0 Å². The highest BCUT2D eigenvalue weighted by atomic mass is 16.1. The summed E-state index contributed by atoms with van der Waals surface area (Å²) in [4.78, 5) is 12.2. The zero-order chi connectivity index (χ0) is 13.9. The number of amides is 1. The van der Waals surface area contributed by atoms with Crippen LogP contribution in [0.25, 0.3) is 0 Å². The lowest BCUT2D eigenvalue weighted by molar-refractivity contribution is -0.127. The van der Waals surface area contributed by atoms with Crippen LogP contribution in [0.4, 0.5) is 0 Å². The average molecular weight is 266 g/mol. The Morgan fingerprint density at radius 3 is 2.26 bits per heavy atom. The summed E-state index contributed by atoms with van der Waals surface area (Å²) >= 11 is 0. The van der Waals surface area contributed by atoms with Gasteiger partial charge in [-0.2, -0.15) is 0 Å². The minimum atomic E-state index is 0.236. The zero-order valence-corrected chi connectivity index (χ0v) is 12.6. The molecule has 0 atom stereocenters. The SMILES string of the molecule is CC(C)(CNC(=O)C1CCC(CN)CC1)C1CCC1. The van der Waals surface area contributed by atoms with E-state index in [9.17, 15) is 4.79 Å². The summed E-state index contributed by atoms with van der Waals surface area (Å²) in [6.07, 6.45) is 8.34. The fraction of sp³-hybridized carbons (Fsp3) is 0.938. The van der Waals surface area contributed by atoms with Crippen molar-refractivity contribution in [2.45, 2.75) is 58.8 Å². The Balaban J connectivity index is 1.72. The van der Waals surface area contributed by atoms with E-state index in [1.807, 2.05) is 0 Å². The Kier molecular flexibility index (Phi) is 4.88. The van der Waals surface area contributed by atoms with Crippen molar-refractivity contribution in [3.05, 3.63) is 0 Å². The first-order chi connectivity index (χ1) is 9.03. The second kappa shape index (κ2) is 6.25. The van der Waals surface area contributed by atoms with Gasteiger partial charge in [0.25, 0.3) is 0 Å². The van der Waals surface area contributed by atoms with Crippen molar-refractivity contribution in [1.82, 2.24) is 5.32 Å². The minimum absolute atomic E-state index is 0.236. The molecule has 0 radical (unpaired) electrons. The lowest BCUT2D eigenvalue weighted by atomic mass is 9.67. The zero-order valence-electron chi connectivity index (χ0n) is 12.6. The van der Waals surface area contributed by atoms with Crippen LogP contribution in [0, 0.1) is 23.2 Å². The molecule has 0 spiro atoms. The van der Waals surface area contributed by atoms with Crippen LogP contribution in [-0.2, 0) is 4.79 Å². The lowest BCUT2D eigenvalue weighted by Gasteiger charge is -2.41. The quantitative estimate of drug-likeness (QED) is 0.804. The Bertz CT molecular complexity index is 302. The molecule has 2 aliphatic carbocycles. The summed E-state index contributed by atoms with van der Waals surface area (Å²) in [6.45, 7) is 6.21. The molecule has 1 amide bonds. The highest BCUT2D eigenvalue weighted by Gasteiger charge is 2.34. The Labute approximate surface area is 117 Å². The highest BCUT2D eigenvalue weighted by molar-refractivity contribution is 5.78. The summed E-state index contributed by atoms with van der Waals surface area (Å²) in [5, 5.41) is 3.20. The fourth-order valence-corrected chi connectivity index (χ4v) is 3.45. The molecule has 3 N–H and O–H groups in total. The third kappa shape index (κ3) is 3.71. The van der Waals surface area contributed by atoms with Gasteiger partial charge in [-0.05, 0) is 62.3 Å². The molecule has 0 bridgehead atoms. The monoisotopic (exact) mass is 266 g/mol. The Hall–Kier alpha value is -0.570. The molecule has 0 aromatic rings. The van der Waals surface area contributed by atoms with Gasteiger partial charge in [0.05, 0.1) is 0 Å². The lowest BCUT2D eigenvalue weighted by Crippen LogP contribution is -2.43. The van der Waals surface area contributed by atoms with Crippen LogP contribution in [0.3, 0.4) is 0 Å². The third-order valence-electron chi connectivity index (χ3n) is 5.48. The number of hydrogen-bond donors (Lipinski definition) is 2. The number of carbonyl (C=O) groups excluding carboxylic acids is 1. The standard InChI is InChI=1S/C16H30N2O/c1-16(2,14-4-3-5-14)11-18-15(19)13-8-6-12(10-17)7-9-13/h12-14H,3-11,17H2,1-2H3,(H,18,19). The number of nitrogens with two attached hydrogens (primary N) is 1. The molecule has 0 unspecified atom stereocenters. The van der Waals surface area contributed by atoms with E-state index in [2.05, 4.69) is 19.2 Å². The van der Waals surface area contributed by atoms with E-state index < -0.39 is 0 Å². The fourth-order valence-electron chi connectivity index (χ4n) is 3.45. The van der Waals surface area contributed by atoms with Crippen molar-refractivity contribution in [2.24, 2.45) is 28.9 Å². The molecule has 2 aliphatic rings. The molecule has 110 valence electrons. The van der Waals surface area contributed by atoms with Gasteiger partial charge in [0.2, 0.25) is 5.91 Å². The molecule has 3 nitrogen and oxygen atoms in total. The number of nitrogens with one attached hydrogen (secondary N) is 1. The molecular weight excluding hydrogens is 236 g/mol. The van der Waals surface area contributed by atoms with Crippen molar-refractivity contribution in [1.29, 1.82) is 0 Å². The van der Waals surface area contributed by atoms with Crippen LogP contribution in [0.1, 0.15) is 58.8 Å². The van der Waals surface area contributed by atoms with E-state index in [-0.39, 0.29) is 17.2 Å². The first-order valence-electron chi connectivity index (χ1n) is 8.00. The van der Waals surface area contributed by atoms with Crippen molar-refractivity contribution in [3.63, 3.8) is 0 Å². The van der Waals surface area contributed by atoms with Crippen LogP contribution in [0.2, 0.25) is 0 Å². The van der Waals surface area contributed by atoms with E-state index >= 15 is 0 Å². The maximum absolute atomic E-state index is 12.2.